The van der Waals surface area contributed by atoms with Crippen LogP contribution >= 0.6 is 0 Å². The lowest BCUT2D eigenvalue weighted by atomic mass is 10.2. The van der Waals surface area contributed by atoms with E-state index in [0.717, 1.165) is 17.9 Å². The molecule has 1 heterocycles. The Balaban J connectivity index is 1.81. The number of nitrogens with one attached hydrogen (secondary N) is 1. The van der Waals surface area contributed by atoms with E-state index >= 15 is 0 Å². The fourth-order valence-corrected chi connectivity index (χ4v) is 2.10. The number of carbonyl (C=O) groups is 1. The van der Waals surface area contributed by atoms with Crippen molar-refractivity contribution in [1.82, 2.24) is 10.2 Å². The molecule has 2 atom stereocenters. The van der Waals surface area contributed by atoms with Gasteiger partial charge in [0, 0.05) is 13.1 Å². The lowest BCUT2D eigenvalue weighted by molar-refractivity contribution is -0.130. The molecule has 1 N–H and O–H groups in total. The van der Waals surface area contributed by atoms with Crippen LogP contribution in [0.4, 0.5) is 0 Å². The van der Waals surface area contributed by atoms with Crippen LogP contribution in [-0.2, 0) is 4.79 Å². The summed E-state index contributed by atoms with van der Waals surface area (Å²) in [7, 11) is 1.80. The van der Waals surface area contributed by atoms with Gasteiger partial charge in [0.1, 0.15) is 6.61 Å². The standard InChI is InChI=1S/C16H24N2O3/c1-4-12(2)17-9-16(19)18(3)10-13-11-20-14-7-5-6-8-15(14)21-13/h5-8,12-13,17H,4,9-11H2,1-3H3. The number of likely N-dealkylation sites (N-methyl/N-ethyl adjacent to an activating group) is 1. The Labute approximate surface area is 126 Å². The van der Waals surface area contributed by atoms with Crippen LogP contribution in [0.5, 0.6) is 11.5 Å². The Hall–Kier alpha value is -1.75. The van der Waals surface area contributed by atoms with Gasteiger partial charge in [0.25, 0.3) is 0 Å². The van der Waals surface area contributed by atoms with Crippen LogP contribution in [0, 0.1) is 0 Å². The number of para-hydroxylation sites is 2. The van der Waals surface area contributed by atoms with E-state index in [4.69, 9.17) is 9.47 Å². The number of carbonyl (C=O) groups excluding carboxylic acids is 1. The molecule has 2 unspecified atom stereocenters. The predicted molar refractivity (Wildman–Crippen MR) is 81.7 cm³/mol. The number of nitrogens with zero attached hydrogens (tertiary/aromatic N) is 1. The van der Waals surface area contributed by atoms with Crippen LogP contribution in [0.25, 0.3) is 0 Å². The van der Waals surface area contributed by atoms with Crippen molar-refractivity contribution in [1.29, 1.82) is 0 Å². The highest BCUT2D eigenvalue weighted by atomic mass is 16.6. The summed E-state index contributed by atoms with van der Waals surface area (Å²) in [4.78, 5) is 13.7. The summed E-state index contributed by atoms with van der Waals surface area (Å²) in [6.45, 7) is 5.51. The largest absolute Gasteiger partial charge is 0.486 e. The van der Waals surface area contributed by atoms with Gasteiger partial charge in [-0.05, 0) is 25.5 Å². The Kier molecular flexibility index (Phi) is 5.44. The van der Waals surface area contributed by atoms with E-state index in [2.05, 4.69) is 19.2 Å². The van der Waals surface area contributed by atoms with Gasteiger partial charge in [-0.25, -0.2) is 0 Å². The third-order valence-electron chi connectivity index (χ3n) is 3.68. The average molecular weight is 292 g/mol. The summed E-state index contributed by atoms with van der Waals surface area (Å²) in [6, 6.07) is 7.95. The maximum absolute atomic E-state index is 12.0. The minimum atomic E-state index is -0.127. The van der Waals surface area contributed by atoms with Crippen molar-refractivity contribution in [3.63, 3.8) is 0 Å². The lowest BCUT2D eigenvalue weighted by Gasteiger charge is -2.29. The van der Waals surface area contributed by atoms with E-state index in [1.807, 2.05) is 24.3 Å². The zero-order valence-corrected chi connectivity index (χ0v) is 13.0. The Bertz CT molecular complexity index is 478. The highest BCUT2D eigenvalue weighted by Crippen LogP contribution is 2.30. The van der Waals surface area contributed by atoms with Crippen molar-refractivity contribution in [3.05, 3.63) is 24.3 Å². The molecule has 0 fully saturated rings. The van der Waals surface area contributed by atoms with Crippen LogP contribution in [0.15, 0.2) is 24.3 Å². The fourth-order valence-electron chi connectivity index (χ4n) is 2.10. The Morgan fingerprint density at radius 2 is 2.14 bits per heavy atom. The van der Waals surface area contributed by atoms with E-state index in [-0.39, 0.29) is 12.0 Å². The highest BCUT2D eigenvalue weighted by molar-refractivity contribution is 5.78. The number of hydrogen-bond donors (Lipinski definition) is 1. The molecular formula is C16H24N2O3. The summed E-state index contributed by atoms with van der Waals surface area (Å²) >= 11 is 0. The molecule has 0 saturated heterocycles. The molecule has 0 spiro atoms. The van der Waals surface area contributed by atoms with Gasteiger partial charge in [-0.1, -0.05) is 19.1 Å². The number of fused-ring (bicyclic) bond motifs is 1. The first-order valence-corrected chi connectivity index (χ1v) is 7.46. The summed E-state index contributed by atoms with van der Waals surface area (Å²) in [5, 5.41) is 3.20. The molecule has 0 aliphatic carbocycles. The second kappa shape index (κ2) is 7.31. The molecule has 0 saturated carbocycles. The topological polar surface area (TPSA) is 50.8 Å². The van der Waals surface area contributed by atoms with Crippen LogP contribution in [0.1, 0.15) is 20.3 Å². The smallest absolute Gasteiger partial charge is 0.236 e. The number of ether oxygens (including phenoxy) is 2. The van der Waals surface area contributed by atoms with Gasteiger partial charge < -0.3 is 19.7 Å². The molecule has 0 bridgehead atoms. The molecule has 5 heteroatoms. The third kappa shape index (κ3) is 4.36. The van der Waals surface area contributed by atoms with Gasteiger partial charge in [0.15, 0.2) is 17.6 Å². The molecule has 0 radical (unpaired) electrons. The van der Waals surface area contributed by atoms with Gasteiger partial charge in [-0.15, -0.1) is 0 Å². The van der Waals surface area contributed by atoms with Crippen molar-refractivity contribution in [2.75, 3.05) is 26.7 Å². The monoisotopic (exact) mass is 292 g/mol. The first kappa shape index (κ1) is 15.6. The molecule has 1 aliphatic rings. The first-order valence-electron chi connectivity index (χ1n) is 7.46. The number of benzene rings is 1. The molecule has 21 heavy (non-hydrogen) atoms. The number of rotatable bonds is 6. The van der Waals surface area contributed by atoms with Gasteiger partial charge in [0.05, 0.1) is 13.1 Å². The summed E-state index contributed by atoms with van der Waals surface area (Å²) in [6.07, 6.45) is 0.880. The number of hydrogen-bond acceptors (Lipinski definition) is 4. The molecule has 2 rings (SSSR count). The van der Waals surface area contributed by atoms with Gasteiger partial charge in [-0.2, -0.15) is 0 Å². The molecule has 1 aromatic rings. The highest BCUT2D eigenvalue weighted by Gasteiger charge is 2.23. The minimum Gasteiger partial charge on any atom is -0.486 e. The third-order valence-corrected chi connectivity index (χ3v) is 3.68. The molecule has 1 aliphatic heterocycles. The Morgan fingerprint density at radius 3 is 2.86 bits per heavy atom. The molecule has 5 nitrogen and oxygen atoms in total. The fraction of sp³-hybridized carbons (Fsp3) is 0.562. The summed E-state index contributed by atoms with van der Waals surface area (Å²) in [5.74, 6) is 1.58. The summed E-state index contributed by atoms with van der Waals surface area (Å²) in [5.41, 5.74) is 0. The molecule has 0 aromatic heterocycles. The average Bonchev–Trinajstić information content (AvgIpc) is 2.51. The second-order valence-electron chi connectivity index (χ2n) is 5.46. The van der Waals surface area contributed by atoms with Gasteiger partial charge in [0.2, 0.25) is 5.91 Å². The van der Waals surface area contributed by atoms with Crippen LogP contribution in [-0.4, -0.2) is 49.7 Å². The maximum atomic E-state index is 12.0. The zero-order valence-electron chi connectivity index (χ0n) is 13.0. The van der Waals surface area contributed by atoms with E-state index in [1.54, 1.807) is 11.9 Å². The van der Waals surface area contributed by atoms with Crippen LogP contribution < -0.4 is 14.8 Å². The number of amides is 1. The van der Waals surface area contributed by atoms with Crippen molar-refractivity contribution >= 4 is 5.91 Å². The van der Waals surface area contributed by atoms with Crippen LogP contribution in [0.3, 0.4) is 0 Å². The van der Waals surface area contributed by atoms with E-state index in [0.29, 0.717) is 25.7 Å². The minimum absolute atomic E-state index is 0.0674. The van der Waals surface area contributed by atoms with Crippen molar-refractivity contribution in [3.8, 4) is 11.5 Å². The van der Waals surface area contributed by atoms with Gasteiger partial charge in [-0.3, -0.25) is 4.79 Å². The Morgan fingerprint density at radius 1 is 1.43 bits per heavy atom. The molecular weight excluding hydrogens is 268 g/mol. The molecule has 1 amide bonds. The van der Waals surface area contributed by atoms with Crippen LogP contribution in [0.2, 0.25) is 0 Å². The second-order valence-corrected chi connectivity index (χ2v) is 5.46. The maximum Gasteiger partial charge on any atom is 0.236 e. The SMILES string of the molecule is CCC(C)NCC(=O)N(C)CC1COc2ccccc2O1. The van der Waals surface area contributed by atoms with E-state index in [1.165, 1.54) is 0 Å². The van der Waals surface area contributed by atoms with Crippen molar-refractivity contribution < 1.29 is 14.3 Å². The first-order chi connectivity index (χ1) is 10.1. The zero-order chi connectivity index (χ0) is 15.2. The van der Waals surface area contributed by atoms with Crippen molar-refractivity contribution in [2.24, 2.45) is 0 Å². The normalized spacial score (nSPS) is 18.1. The molecule has 116 valence electrons. The summed E-state index contributed by atoms with van der Waals surface area (Å²) < 4.78 is 11.5. The van der Waals surface area contributed by atoms with E-state index in [9.17, 15) is 4.79 Å². The van der Waals surface area contributed by atoms with Crippen molar-refractivity contribution in [2.45, 2.75) is 32.4 Å². The van der Waals surface area contributed by atoms with E-state index < -0.39 is 0 Å². The lowest BCUT2D eigenvalue weighted by Crippen LogP contribution is -2.45. The van der Waals surface area contributed by atoms with Gasteiger partial charge >= 0.3 is 0 Å². The predicted octanol–water partition coefficient (Wildman–Crippen LogP) is 1.67. The quantitative estimate of drug-likeness (QED) is 0.866. The molecule has 1 aromatic carbocycles.